The summed E-state index contributed by atoms with van der Waals surface area (Å²) in [7, 11) is 1.83. The maximum absolute atomic E-state index is 11.3. The van der Waals surface area contributed by atoms with Crippen LogP contribution < -0.4 is 0 Å². The normalized spacial score (nSPS) is 12.5. The SMILES string of the molecule is CCC(C)C(=O)OCc1cnn(C)c1. The van der Waals surface area contributed by atoms with Crippen LogP contribution in [0.1, 0.15) is 25.8 Å². The first-order valence-electron chi connectivity index (χ1n) is 4.77. The highest BCUT2D eigenvalue weighted by Gasteiger charge is 2.11. The molecule has 0 aliphatic carbocycles. The molecular formula is C10H16N2O2. The fourth-order valence-electron chi connectivity index (χ4n) is 1.01. The van der Waals surface area contributed by atoms with Crippen LogP contribution >= 0.6 is 0 Å². The fraction of sp³-hybridized carbons (Fsp3) is 0.600. The number of carbonyl (C=O) groups is 1. The second-order valence-corrected chi connectivity index (χ2v) is 3.44. The van der Waals surface area contributed by atoms with Gasteiger partial charge >= 0.3 is 5.97 Å². The van der Waals surface area contributed by atoms with Crippen LogP contribution in [-0.4, -0.2) is 15.7 Å². The summed E-state index contributed by atoms with van der Waals surface area (Å²) in [5, 5.41) is 3.98. The van der Waals surface area contributed by atoms with E-state index in [9.17, 15) is 4.79 Å². The van der Waals surface area contributed by atoms with E-state index >= 15 is 0 Å². The summed E-state index contributed by atoms with van der Waals surface area (Å²) < 4.78 is 6.79. The molecule has 1 unspecified atom stereocenters. The molecule has 0 spiro atoms. The lowest BCUT2D eigenvalue weighted by Crippen LogP contribution is -2.13. The minimum atomic E-state index is -0.142. The van der Waals surface area contributed by atoms with Crippen LogP contribution in [0.15, 0.2) is 12.4 Å². The van der Waals surface area contributed by atoms with Gasteiger partial charge in [0.25, 0.3) is 0 Å². The van der Waals surface area contributed by atoms with E-state index in [1.807, 2.05) is 27.1 Å². The van der Waals surface area contributed by atoms with Crippen molar-refractivity contribution < 1.29 is 9.53 Å². The molecule has 1 aromatic heterocycles. The summed E-state index contributed by atoms with van der Waals surface area (Å²) in [5.74, 6) is -0.164. The largest absolute Gasteiger partial charge is 0.460 e. The number of aromatic nitrogens is 2. The van der Waals surface area contributed by atoms with E-state index in [1.54, 1.807) is 10.9 Å². The van der Waals surface area contributed by atoms with Crippen molar-refractivity contribution in [3.8, 4) is 0 Å². The summed E-state index contributed by atoms with van der Waals surface area (Å²) in [6.07, 6.45) is 4.35. The van der Waals surface area contributed by atoms with Crippen molar-refractivity contribution in [1.82, 2.24) is 9.78 Å². The highest BCUT2D eigenvalue weighted by molar-refractivity contribution is 5.71. The minimum absolute atomic E-state index is 0.0216. The van der Waals surface area contributed by atoms with Crippen LogP contribution in [0.2, 0.25) is 0 Å². The third-order valence-electron chi connectivity index (χ3n) is 2.15. The molecule has 1 heterocycles. The van der Waals surface area contributed by atoms with Crippen molar-refractivity contribution in [3.05, 3.63) is 18.0 Å². The van der Waals surface area contributed by atoms with E-state index in [1.165, 1.54) is 0 Å². The van der Waals surface area contributed by atoms with Crippen LogP contribution in [0, 0.1) is 5.92 Å². The van der Waals surface area contributed by atoms with Gasteiger partial charge in [-0.1, -0.05) is 13.8 Å². The van der Waals surface area contributed by atoms with Crippen molar-refractivity contribution in [1.29, 1.82) is 0 Å². The maximum Gasteiger partial charge on any atom is 0.308 e. The number of rotatable bonds is 4. The van der Waals surface area contributed by atoms with Gasteiger partial charge in [-0.05, 0) is 6.42 Å². The summed E-state index contributed by atoms with van der Waals surface area (Å²) in [5.41, 5.74) is 0.921. The van der Waals surface area contributed by atoms with E-state index in [0.29, 0.717) is 6.61 Å². The zero-order chi connectivity index (χ0) is 10.6. The lowest BCUT2D eigenvalue weighted by Gasteiger charge is -2.07. The number of carbonyl (C=O) groups excluding carboxylic acids is 1. The molecule has 1 atom stereocenters. The molecule has 4 nitrogen and oxygen atoms in total. The van der Waals surface area contributed by atoms with Crippen LogP contribution in [0.5, 0.6) is 0 Å². The second kappa shape index (κ2) is 4.79. The summed E-state index contributed by atoms with van der Waals surface area (Å²) >= 11 is 0. The highest BCUT2D eigenvalue weighted by atomic mass is 16.5. The van der Waals surface area contributed by atoms with E-state index in [4.69, 9.17) is 4.74 Å². The van der Waals surface area contributed by atoms with Crippen molar-refractivity contribution in [3.63, 3.8) is 0 Å². The lowest BCUT2D eigenvalue weighted by atomic mass is 10.1. The number of esters is 1. The monoisotopic (exact) mass is 196 g/mol. The number of ether oxygens (including phenoxy) is 1. The molecule has 1 rings (SSSR count). The van der Waals surface area contributed by atoms with Gasteiger partial charge in [-0.2, -0.15) is 5.10 Å². The topological polar surface area (TPSA) is 44.1 Å². The first-order valence-corrected chi connectivity index (χ1v) is 4.77. The van der Waals surface area contributed by atoms with E-state index in [0.717, 1.165) is 12.0 Å². The molecule has 0 fully saturated rings. The molecule has 4 heteroatoms. The molecular weight excluding hydrogens is 180 g/mol. The van der Waals surface area contributed by atoms with Crippen LogP contribution in [0.4, 0.5) is 0 Å². The Balaban J connectivity index is 2.37. The molecule has 14 heavy (non-hydrogen) atoms. The van der Waals surface area contributed by atoms with E-state index < -0.39 is 0 Å². The van der Waals surface area contributed by atoms with E-state index in [2.05, 4.69) is 5.10 Å². The first kappa shape index (κ1) is 10.8. The van der Waals surface area contributed by atoms with Gasteiger partial charge in [0, 0.05) is 18.8 Å². The lowest BCUT2D eigenvalue weighted by molar-refractivity contribution is -0.149. The Bertz CT molecular complexity index is 307. The Labute approximate surface area is 83.9 Å². The Hall–Kier alpha value is -1.32. The summed E-state index contributed by atoms with van der Waals surface area (Å²) in [6.45, 7) is 4.15. The maximum atomic E-state index is 11.3. The number of hydrogen-bond acceptors (Lipinski definition) is 3. The minimum Gasteiger partial charge on any atom is -0.460 e. The van der Waals surface area contributed by atoms with Crippen molar-refractivity contribution in [2.24, 2.45) is 13.0 Å². The Morgan fingerprint density at radius 2 is 2.43 bits per heavy atom. The molecule has 0 aliphatic heterocycles. The number of hydrogen-bond donors (Lipinski definition) is 0. The Morgan fingerprint density at radius 1 is 1.71 bits per heavy atom. The molecule has 0 N–H and O–H groups in total. The van der Waals surface area contributed by atoms with Crippen LogP contribution in [0.25, 0.3) is 0 Å². The smallest absolute Gasteiger partial charge is 0.308 e. The molecule has 0 aliphatic rings. The molecule has 0 radical (unpaired) electrons. The fourth-order valence-corrected chi connectivity index (χ4v) is 1.01. The quantitative estimate of drug-likeness (QED) is 0.685. The molecule has 78 valence electrons. The molecule has 0 amide bonds. The van der Waals surface area contributed by atoms with Crippen LogP contribution in [-0.2, 0) is 23.2 Å². The van der Waals surface area contributed by atoms with Crippen LogP contribution in [0.3, 0.4) is 0 Å². The van der Waals surface area contributed by atoms with Crippen molar-refractivity contribution in [2.45, 2.75) is 26.9 Å². The van der Waals surface area contributed by atoms with Gasteiger partial charge in [0.1, 0.15) is 6.61 Å². The van der Waals surface area contributed by atoms with Gasteiger partial charge in [0.05, 0.1) is 12.1 Å². The molecule has 0 aromatic carbocycles. The van der Waals surface area contributed by atoms with Gasteiger partial charge in [0.15, 0.2) is 0 Å². The molecule has 0 saturated heterocycles. The standard InChI is InChI=1S/C10H16N2O2/c1-4-8(2)10(13)14-7-9-5-11-12(3)6-9/h5-6,8H,4,7H2,1-3H3. The molecule has 0 bridgehead atoms. The Kier molecular flexibility index (Phi) is 3.68. The predicted molar refractivity (Wildman–Crippen MR) is 52.5 cm³/mol. The summed E-state index contributed by atoms with van der Waals surface area (Å²) in [4.78, 5) is 11.3. The number of nitrogens with zero attached hydrogens (tertiary/aromatic N) is 2. The van der Waals surface area contributed by atoms with Gasteiger partial charge in [0.2, 0.25) is 0 Å². The molecule has 0 saturated carbocycles. The second-order valence-electron chi connectivity index (χ2n) is 3.44. The van der Waals surface area contributed by atoms with Crippen molar-refractivity contribution >= 4 is 5.97 Å². The van der Waals surface area contributed by atoms with Crippen molar-refractivity contribution in [2.75, 3.05) is 0 Å². The van der Waals surface area contributed by atoms with Gasteiger partial charge < -0.3 is 4.74 Å². The average molecular weight is 196 g/mol. The first-order chi connectivity index (χ1) is 6.63. The third kappa shape index (κ3) is 2.87. The van der Waals surface area contributed by atoms with Gasteiger partial charge in [-0.15, -0.1) is 0 Å². The van der Waals surface area contributed by atoms with Gasteiger partial charge in [-0.25, -0.2) is 0 Å². The zero-order valence-electron chi connectivity index (χ0n) is 8.86. The zero-order valence-corrected chi connectivity index (χ0v) is 8.86. The third-order valence-corrected chi connectivity index (χ3v) is 2.15. The average Bonchev–Trinajstić information content (AvgIpc) is 2.59. The Morgan fingerprint density at radius 3 is 2.93 bits per heavy atom. The highest BCUT2D eigenvalue weighted by Crippen LogP contribution is 2.06. The van der Waals surface area contributed by atoms with Gasteiger partial charge in [-0.3, -0.25) is 9.48 Å². The molecule has 1 aromatic rings. The number of aryl methyl sites for hydroxylation is 1. The predicted octanol–water partition coefficient (Wildman–Crippen LogP) is 1.51. The van der Waals surface area contributed by atoms with E-state index in [-0.39, 0.29) is 11.9 Å². The summed E-state index contributed by atoms with van der Waals surface area (Å²) in [6, 6.07) is 0.